The number of hydrogen-bond donors (Lipinski definition) is 0. The van der Waals surface area contributed by atoms with Crippen molar-refractivity contribution in [2.75, 3.05) is 0 Å². The van der Waals surface area contributed by atoms with Crippen LogP contribution in [0.25, 0.3) is 11.3 Å². The largest absolute Gasteiger partial charge is 0.235 e. The molecule has 5 nitrogen and oxygen atoms in total. The molecule has 0 unspecified atom stereocenters. The van der Waals surface area contributed by atoms with E-state index in [4.69, 9.17) is 0 Å². The summed E-state index contributed by atoms with van der Waals surface area (Å²) in [6.45, 7) is 8.56. The van der Waals surface area contributed by atoms with Crippen molar-refractivity contribution in [3.63, 3.8) is 0 Å². The number of aromatic nitrogens is 5. The highest BCUT2D eigenvalue weighted by molar-refractivity contribution is 5.61. The topological polar surface area (TPSA) is 48.0 Å². The highest BCUT2D eigenvalue weighted by atomic mass is 15.3. The average molecular weight is 283 g/mol. The van der Waals surface area contributed by atoms with Gasteiger partial charge in [0.05, 0.1) is 11.4 Å². The molecular formula is C16H21N5. The van der Waals surface area contributed by atoms with Crippen molar-refractivity contribution in [3.8, 4) is 5.82 Å². The zero-order valence-electron chi connectivity index (χ0n) is 13.0. The van der Waals surface area contributed by atoms with Crippen molar-refractivity contribution in [1.29, 1.82) is 0 Å². The third-order valence-corrected chi connectivity index (χ3v) is 3.74. The summed E-state index contributed by atoms with van der Waals surface area (Å²) >= 11 is 0. The van der Waals surface area contributed by atoms with Crippen LogP contribution in [0, 0.1) is 0 Å². The normalized spacial score (nSPS) is 11.7. The molecular weight excluding hydrogens is 262 g/mol. The van der Waals surface area contributed by atoms with Gasteiger partial charge in [0, 0.05) is 18.1 Å². The molecule has 0 saturated heterocycles. The van der Waals surface area contributed by atoms with Crippen molar-refractivity contribution < 1.29 is 0 Å². The van der Waals surface area contributed by atoms with Gasteiger partial charge in [-0.25, -0.2) is 14.2 Å². The molecule has 3 aromatic heterocycles. The molecule has 0 saturated carbocycles. The first-order valence-corrected chi connectivity index (χ1v) is 7.56. The molecule has 0 bridgehead atoms. The van der Waals surface area contributed by atoms with E-state index in [9.17, 15) is 0 Å². The van der Waals surface area contributed by atoms with Gasteiger partial charge >= 0.3 is 0 Å². The first kappa shape index (κ1) is 13.8. The van der Waals surface area contributed by atoms with E-state index in [0.29, 0.717) is 5.92 Å². The predicted molar refractivity (Wildman–Crippen MR) is 83.0 cm³/mol. The highest BCUT2D eigenvalue weighted by Crippen LogP contribution is 2.21. The standard InChI is InChI=1S/C16H21N5/c1-5-12-9-13(6-2)21(18-12)16-15-10-14(11(3)4)19-20(15)8-7-17-16/h7-11H,5-6H2,1-4H3. The fourth-order valence-electron chi connectivity index (χ4n) is 2.46. The SMILES string of the molecule is CCc1cc(CC)n(-c2nccn3nc(C(C)C)cc23)n1. The Labute approximate surface area is 124 Å². The molecule has 110 valence electrons. The van der Waals surface area contributed by atoms with E-state index in [0.717, 1.165) is 35.6 Å². The average Bonchev–Trinajstić information content (AvgIpc) is 3.10. The maximum absolute atomic E-state index is 4.69. The van der Waals surface area contributed by atoms with Crippen LogP contribution in [-0.2, 0) is 12.8 Å². The Bertz CT molecular complexity index is 766. The van der Waals surface area contributed by atoms with Crippen LogP contribution in [0.15, 0.2) is 24.5 Å². The number of aryl methyl sites for hydroxylation is 2. The van der Waals surface area contributed by atoms with E-state index >= 15 is 0 Å². The van der Waals surface area contributed by atoms with Crippen molar-refractivity contribution in [2.24, 2.45) is 0 Å². The van der Waals surface area contributed by atoms with Crippen LogP contribution in [0.4, 0.5) is 0 Å². The summed E-state index contributed by atoms with van der Waals surface area (Å²) in [6.07, 6.45) is 5.53. The molecule has 0 aromatic carbocycles. The smallest absolute Gasteiger partial charge is 0.179 e. The van der Waals surface area contributed by atoms with Gasteiger partial charge in [-0.3, -0.25) is 0 Å². The van der Waals surface area contributed by atoms with Crippen LogP contribution in [0.2, 0.25) is 0 Å². The van der Waals surface area contributed by atoms with Crippen molar-refractivity contribution >= 4 is 5.52 Å². The summed E-state index contributed by atoms with van der Waals surface area (Å²) in [4.78, 5) is 4.55. The van der Waals surface area contributed by atoms with E-state index < -0.39 is 0 Å². The lowest BCUT2D eigenvalue weighted by atomic mass is 10.1. The van der Waals surface area contributed by atoms with E-state index in [1.54, 1.807) is 6.20 Å². The molecule has 5 heteroatoms. The Morgan fingerprint density at radius 3 is 2.57 bits per heavy atom. The van der Waals surface area contributed by atoms with E-state index in [1.165, 1.54) is 5.69 Å². The molecule has 0 N–H and O–H groups in total. The molecule has 0 spiro atoms. The van der Waals surface area contributed by atoms with Crippen LogP contribution >= 0.6 is 0 Å². The monoisotopic (exact) mass is 283 g/mol. The molecule has 0 aliphatic carbocycles. The van der Waals surface area contributed by atoms with Gasteiger partial charge in [-0.05, 0) is 30.9 Å². The molecule has 0 fully saturated rings. The highest BCUT2D eigenvalue weighted by Gasteiger charge is 2.14. The second-order valence-electron chi connectivity index (χ2n) is 5.55. The molecule has 0 aliphatic rings. The van der Waals surface area contributed by atoms with Gasteiger partial charge in [0.25, 0.3) is 0 Å². The number of hydrogen-bond acceptors (Lipinski definition) is 3. The van der Waals surface area contributed by atoms with Crippen molar-refractivity contribution in [3.05, 3.63) is 41.6 Å². The predicted octanol–water partition coefficient (Wildman–Crippen LogP) is 3.16. The summed E-state index contributed by atoms with van der Waals surface area (Å²) in [5, 5.41) is 9.30. The Morgan fingerprint density at radius 2 is 1.90 bits per heavy atom. The molecule has 21 heavy (non-hydrogen) atoms. The Hall–Kier alpha value is -2.17. The maximum atomic E-state index is 4.69. The van der Waals surface area contributed by atoms with Gasteiger partial charge in [0.1, 0.15) is 5.52 Å². The minimum atomic E-state index is 0.396. The van der Waals surface area contributed by atoms with Crippen molar-refractivity contribution in [1.82, 2.24) is 24.4 Å². The lowest BCUT2D eigenvalue weighted by Gasteiger charge is -2.06. The Morgan fingerprint density at radius 1 is 1.10 bits per heavy atom. The Kier molecular flexibility index (Phi) is 3.49. The van der Waals surface area contributed by atoms with Gasteiger partial charge in [0.15, 0.2) is 5.82 Å². The van der Waals surface area contributed by atoms with Gasteiger partial charge < -0.3 is 0 Å². The minimum absolute atomic E-state index is 0.396. The quantitative estimate of drug-likeness (QED) is 0.739. The third-order valence-electron chi connectivity index (χ3n) is 3.74. The summed E-state index contributed by atoms with van der Waals surface area (Å²) < 4.78 is 3.85. The Balaban J connectivity index is 2.22. The fourth-order valence-corrected chi connectivity index (χ4v) is 2.46. The van der Waals surface area contributed by atoms with Crippen molar-refractivity contribution in [2.45, 2.75) is 46.5 Å². The summed E-state index contributed by atoms with van der Waals surface area (Å²) in [7, 11) is 0. The fraction of sp³-hybridized carbons (Fsp3) is 0.438. The lowest BCUT2D eigenvalue weighted by Crippen LogP contribution is -2.06. The minimum Gasteiger partial charge on any atom is -0.235 e. The second-order valence-corrected chi connectivity index (χ2v) is 5.55. The van der Waals surface area contributed by atoms with Gasteiger partial charge in [-0.1, -0.05) is 27.7 Å². The second kappa shape index (κ2) is 5.31. The summed E-state index contributed by atoms with van der Waals surface area (Å²) in [5.41, 5.74) is 4.35. The molecule has 0 radical (unpaired) electrons. The third kappa shape index (κ3) is 2.33. The van der Waals surface area contributed by atoms with Crippen LogP contribution < -0.4 is 0 Å². The molecule has 3 heterocycles. The van der Waals surface area contributed by atoms with Gasteiger partial charge in [-0.2, -0.15) is 10.2 Å². The zero-order chi connectivity index (χ0) is 15.0. The maximum Gasteiger partial charge on any atom is 0.179 e. The zero-order valence-corrected chi connectivity index (χ0v) is 13.0. The molecule has 0 amide bonds. The molecule has 3 aromatic rings. The van der Waals surface area contributed by atoms with Crippen LogP contribution in [0.1, 0.15) is 50.7 Å². The summed E-state index contributed by atoms with van der Waals surface area (Å²) in [6, 6.07) is 4.27. The first-order valence-electron chi connectivity index (χ1n) is 7.56. The van der Waals surface area contributed by atoms with Gasteiger partial charge in [-0.15, -0.1) is 0 Å². The van der Waals surface area contributed by atoms with Crippen LogP contribution in [0.3, 0.4) is 0 Å². The van der Waals surface area contributed by atoms with Gasteiger partial charge in [0.2, 0.25) is 0 Å². The van der Waals surface area contributed by atoms with E-state index in [2.05, 4.69) is 55.0 Å². The molecule has 0 aliphatic heterocycles. The number of rotatable bonds is 4. The van der Waals surface area contributed by atoms with Crippen LogP contribution in [-0.4, -0.2) is 24.4 Å². The lowest BCUT2D eigenvalue weighted by molar-refractivity contribution is 0.760. The molecule has 3 rings (SSSR count). The molecule has 0 atom stereocenters. The van der Waals surface area contributed by atoms with E-state index in [-0.39, 0.29) is 0 Å². The number of fused-ring (bicyclic) bond motifs is 1. The van der Waals surface area contributed by atoms with E-state index in [1.807, 2.05) is 15.4 Å². The number of nitrogens with zero attached hydrogens (tertiary/aromatic N) is 5. The van der Waals surface area contributed by atoms with Crippen LogP contribution in [0.5, 0.6) is 0 Å². The summed E-state index contributed by atoms with van der Waals surface area (Å²) in [5.74, 6) is 1.25. The first-order chi connectivity index (χ1) is 10.1.